The fraction of sp³-hybridized carbons (Fsp3) is 0.750. The van der Waals surface area contributed by atoms with E-state index in [9.17, 15) is 13.2 Å². The lowest BCUT2D eigenvalue weighted by atomic mass is 10.1. The van der Waals surface area contributed by atoms with Crippen LogP contribution in [0.25, 0.3) is 0 Å². The molecule has 7 heteroatoms. The molecule has 0 aliphatic rings. The Morgan fingerprint density at radius 3 is 2.16 bits per heavy atom. The van der Waals surface area contributed by atoms with Gasteiger partial charge in [-0.3, -0.25) is 4.18 Å². The van der Waals surface area contributed by atoms with Crippen molar-refractivity contribution in [2.75, 3.05) is 7.11 Å². The number of carbonyl (C=O) groups is 1. The summed E-state index contributed by atoms with van der Waals surface area (Å²) >= 11 is 0. The third-order valence-corrected chi connectivity index (χ3v) is 3.04. The first kappa shape index (κ1) is 17.9. The van der Waals surface area contributed by atoms with Gasteiger partial charge in [0.2, 0.25) is 0 Å². The summed E-state index contributed by atoms with van der Waals surface area (Å²) in [4.78, 5) is 11.6. The molecule has 0 bridgehead atoms. The highest BCUT2D eigenvalue weighted by Crippen LogP contribution is 2.10. The molecule has 1 N–H and O–H groups in total. The van der Waals surface area contributed by atoms with E-state index in [0.29, 0.717) is 0 Å². The molecular weight excluding hydrogens is 270 g/mol. The van der Waals surface area contributed by atoms with Crippen LogP contribution in [0.5, 0.6) is 0 Å². The minimum atomic E-state index is -3.69. The Kier molecular flexibility index (Phi) is 6.51. The van der Waals surface area contributed by atoms with Crippen molar-refractivity contribution < 1.29 is 22.1 Å². The third-order valence-electron chi connectivity index (χ3n) is 2.09. The molecule has 0 rings (SSSR count). The van der Waals surface area contributed by atoms with Crippen molar-refractivity contribution in [2.24, 2.45) is 5.92 Å². The van der Waals surface area contributed by atoms with Crippen LogP contribution in [0.1, 0.15) is 34.6 Å². The zero-order valence-electron chi connectivity index (χ0n) is 12.3. The summed E-state index contributed by atoms with van der Waals surface area (Å²) in [6.07, 6.45) is 0.776. The first-order valence-electron chi connectivity index (χ1n) is 5.95. The Hall–Kier alpha value is -1.08. The molecule has 1 amide bonds. The largest absolute Gasteiger partial charge is 0.444 e. The molecule has 0 saturated heterocycles. The molecule has 6 nitrogen and oxygen atoms in total. The van der Waals surface area contributed by atoms with Gasteiger partial charge >= 0.3 is 6.09 Å². The van der Waals surface area contributed by atoms with E-state index in [4.69, 9.17) is 4.74 Å². The van der Waals surface area contributed by atoms with E-state index in [2.05, 4.69) is 9.50 Å². The number of hydrogen-bond acceptors (Lipinski definition) is 5. The van der Waals surface area contributed by atoms with E-state index in [1.54, 1.807) is 20.8 Å². The third kappa shape index (κ3) is 8.61. The van der Waals surface area contributed by atoms with Gasteiger partial charge in [-0.1, -0.05) is 13.8 Å². The maximum absolute atomic E-state index is 11.6. The predicted molar refractivity (Wildman–Crippen MR) is 73.1 cm³/mol. The topological polar surface area (TPSA) is 81.7 Å². The van der Waals surface area contributed by atoms with Crippen LogP contribution in [-0.4, -0.2) is 33.3 Å². The highest BCUT2D eigenvalue weighted by atomic mass is 32.2. The van der Waals surface area contributed by atoms with Crippen LogP contribution < -0.4 is 5.32 Å². The van der Waals surface area contributed by atoms with Gasteiger partial charge < -0.3 is 10.1 Å². The van der Waals surface area contributed by atoms with E-state index >= 15 is 0 Å². The summed E-state index contributed by atoms with van der Waals surface area (Å²) in [5.74, 6) is 0.0100. The number of ether oxygens (including phenoxy) is 1. The smallest absolute Gasteiger partial charge is 0.408 e. The highest BCUT2D eigenvalue weighted by molar-refractivity contribution is 7.89. The maximum Gasteiger partial charge on any atom is 0.408 e. The lowest BCUT2D eigenvalue weighted by Crippen LogP contribution is -2.40. The van der Waals surface area contributed by atoms with Gasteiger partial charge in [0.05, 0.1) is 18.6 Å². The van der Waals surface area contributed by atoms with Crippen LogP contribution in [0, 0.1) is 5.92 Å². The molecule has 0 aromatic rings. The SMILES string of the molecule is COS(=O)(=O)/C=C/[C@@H](NC(=O)OC(C)(C)C)C(C)C. The first-order valence-corrected chi connectivity index (χ1v) is 7.42. The second-order valence-electron chi connectivity index (χ2n) is 5.40. The molecule has 0 unspecified atom stereocenters. The number of nitrogens with one attached hydrogen (secondary N) is 1. The second-order valence-corrected chi connectivity index (χ2v) is 7.00. The van der Waals surface area contributed by atoms with Crippen LogP contribution >= 0.6 is 0 Å². The molecule has 0 saturated carbocycles. The van der Waals surface area contributed by atoms with Crippen LogP contribution in [0.2, 0.25) is 0 Å². The molecular formula is C12H23NO5S. The molecule has 0 radical (unpaired) electrons. The average Bonchev–Trinajstić information content (AvgIpc) is 2.21. The summed E-state index contributed by atoms with van der Waals surface area (Å²) < 4.78 is 31.8. The second kappa shape index (κ2) is 6.91. The van der Waals surface area contributed by atoms with Gasteiger partial charge in [-0.2, -0.15) is 8.42 Å². The van der Waals surface area contributed by atoms with E-state index in [1.165, 1.54) is 6.08 Å². The number of hydrogen-bond donors (Lipinski definition) is 1. The number of alkyl carbamates (subject to hydrolysis) is 1. The van der Waals surface area contributed by atoms with Gasteiger partial charge in [0, 0.05) is 0 Å². The predicted octanol–water partition coefficient (Wildman–Crippen LogP) is 2.03. The Balaban J connectivity index is 4.74. The zero-order chi connectivity index (χ0) is 15.3. The van der Waals surface area contributed by atoms with Gasteiger partial charge in [-0.15, -0.1) is 0 Å². The molecule has 0 spiro atoms. The number of rotatable bonds is 5. The highest BCUT2D eigenvalue weighted by Gasteiger charge is 2.20. The Morgan fingerprint density at radius 1 is 1.26 bits per heavy atom. The molecule has 1 atom stereocenters. The summed E-state index contributed by atoms with van der Waals surface area (Å²) in [5.41, 5.74) is -0.603. The van der Waals surface area contributed by atoms with E-state index in [1.807, 2.05) is 13.8 Å². The molecule has 112 valence electrons. The van der Waals surface area contributed by atoms with Crippen molar-refractivity contribution in [3.05, 3.63) is 11.5 Å². The Bertz CT molecular complexity index is 420. The first-order chi connectivity index (χ1) is 8.47. The molecule has 0 aliphatic heterocycles. The van der Waals surface area contributed by atoms with Crippen LogP contribution in [-0.2, 0) is 19.0 Å². The van der Waals surface area contributed by atoms with Crippen molar-refractivity contribution in [1.82, 2.24) is 5.32 Å². The molecule has 0 aromatic carbocycles. The number of amides is 1. The van der Waals surface area contributed by atoms with Crippen LogP contribution in [0.15, 0.2) is 11.5 Å². The van der Waals surface area contributed by atoms with Gasteiger partial charge in [0.25, 0.3) is 10.1 Å². The van der Waals surface area contributed by atoms with Gasteiger partial charge in [0.15, 0.2) is 0 Å². The van der Waals surface area contributed by atoms with Gasteiger partial charge in [0.1, 0.15) is 5.60 Å². The molecule has 0 aromatic heterocycles. The van der Waals surface area contributed by atoms with Crippen molar-refractivity contribution in [2.45, 2.75) is 46.3 Å². The number of carbonyl (C=O) groups excluding carboxylic acids is 1. The standard InChI is InChI=1S/C12H23NO5S/c1-9(2)10(7-8-19(15,16)17-6)13-11(14)18-12(3,4)5/h7-10H,1-6H3,(H,13,14)/b8-7+/t10-/m1/s1. The monoisotopic (exact) mass is 293 g/mol. The molecule has 19 heavy (non-hydrogen) atoms. The van der Waals surface area contributed by atoms with Crippen LogP contribution in [0.4, 0.5) is 4.79 Å². The lowest BCUT2D eigenvalue weighted by molar-refractivity contribution is 0.0504. The van der Waals surface area contributed by atoms with Crippen molar-refractivity contribution in [3.8, 4) is 0 Å². The minimum Gasteiger partial charge on any atom is -0.444 e. The quantitative estimate of drug-likeness (QED) is 0.784. The van der Waals surface area contributed by atoms with E-state index < -0.39 is 27.9 Å². The van der Waals surface area contributed by atoms with E-state index in [-0.39, 0.29) is 5.92 Å². The normalized spacial score (nSPS) is 14.7. The summed E-state index contributed by atoms with van der Waals surface area (Å²) in [6, 6.07) is -0.459. The Labute approximate surface area is 115 Å². The molecule has 0 aliphatic carbocycles. The van der Waals surface area contributed by atoms with Crippen LogP contribution in [0.3, 0.4) is 0 Å². The minimum absolute atomic E-state index is 0.0100. The summed E-state index contributed by atoms with van der Waals surface area (Å²) in [7, 11) is -2.62. The van der Waals surface area contributed by atoms with Crippen molar-refractivity contribution in [3.63, 3.8) is 0 Å². The van der Waals surface area contributed by atoms with Gasteiger partial charge in [-0.05, 0) is 32.8 Å². The molecule has 0 heterocycles. The summed E-state index contributed by atoms with van der Waals surface area (Å²) in [5, 5.41) is 3.53. The zero-order valence-corrected chi connectivity index (χ0v) is 13.1. The average molecular weight is 293 g/mol. The fourth-order valence-corrected chi connectivity index (χ4v) is 1.59. The summed E-state index contributed by atoms with van der Waals surface area (Å²) in [6.45, 7) is 8.96. The fourth-order valence-electron chi connectivity index (χ4n) is 1.12. The molecule has 0 fully saturated rings. The van der Waals surface area contributed by atoms with Gasteiger partial charge in [-0.25, -0.2) is 4.79 Å². The lowest BCUT2D eigenvalue weighted by Gasteiger charge is -2.23. The van der Waals surface area contributed by atoms with E-state index in [0.717, 1.165) is 12.5 Å². The Morgan fingerprint density at radius 2 is 1.79 bits per heavy atom. The maximum atomic E-state index is 11.6. The van der Waals surface area contributed by atoms with Crippen molar-refractivity contribution in [1.29, 1.82) is 0 Å². The van der Waals surface area contributed by atoms with Crippen molar-refractivity contribution >= 4 is 16.2 Å².